The SMILES string of the molecule is CCc1c(C)cc(C(N)=O)c(CC)c1F. The number of benzene rings is 1. The first-order chi connectivity index (χ1) is 7.02. The second-order valence-corrected chi connectivity index (χ2v) is 3.58. The second-order valence-electron chi connectivity index (χ2n) is 3.58. The zero-order chi connectivity index (χ0) is 11.6. The Kier molecular flexibility index (Phi) is 3.45. The van der Waals surface area contributed by atoms with Crippen LogP contribution in [-0.4, -0.2) is 5.91 Å². The number of nitrogens with two attached hydrogens (primary N) is 1. The molecule has 1 amide bonds. The van der Waals surface area contributed by atoms with Crippen molar-refractivity contribution in [2.24, 2.45) is 5.73 Å². The van der Waals surface area contributed by atoms with Gasteiger partial charge in [-0.2, -0.15) is 0 Å². The standard InChI is InChI=1S/C12H16FNO/c1-4-8-7(3)6-10(12(14)15)9(5-2)11(8)13/h6H,4-5H2,1-3H3,(H2,14,15). The maximum Gasteiger partial charge on any atom is 0.249 e. The molecule has 15 heavy (non-hydrogen) atoms. The van der Waals surface area contributed by atoms with Gasteiger partial charge in [0.05, 0.1) is 0 Å². The Balaban J connectivity index is 3.51. The second kappa shape index (κ2) is 4.43. The minimum absolute atomic E-state index is 0.270. The first-order valence-electron chi connectivity index (χ1n) is 5.13. The van der Waals surface area contributed by atoms with Crippen LogP contribution in [0.3, 0.4) is 0 Å². The maximum atomic E-state index is 13.9. The Morgan fingerprint density at radius 3 is 2.27 bits per heavy atom. The molecule has 0 aliphatic carbocycles. The smallest absolute Gasteiger partial charge is 0.249 e. The molecule has 3 heteroatoms. The number of primary amides is 1. The van der Waals surface area contributed by atoms with Crippen LogP contribution in [0, 0.1) is 12.7 Å². The van der Waals surface area contributed by atoms with E-state index in [9.17, 15) is 9.18 Å². The van der Waals surface area contributed by atoms with E-state index in [-0.39, 0.29) is 5.82 Å². The highest BCUT2D eigenvalue weighted by molar-refractivity contribution is 5.94. The van der Waals surface area contributed by atoms with E-state index in [1.54, 1.807) is 13.0 Å². The molecule has 0 unspecified atom stereocenters. The number of amides is 1. The fourth-order valence-corrected chi connectivity index (χ4v) is 1.86. The van der Waals surface area contributed by atoms with Crippen LogP contribution >= 0.6 is 0 Å². The quantitative estimate of drug-likeness (QED) is 0.815. The van der Waals surface area contributed by atoms with Gasteiger partial charge in [-0.05, 0) is 37.0 Å². The molecule has 1 aromatic rings. The minimum Gasteiger partial charge on any atom is -0.366 e. The van der Waals surface area contributed by atoms with Gasteiger partial charge >= 0.3 is 0 Å². The number of carbonyl (C=O) groups excluding carboxylic acids is 1. The van der Waals surface area contributed by atoms with Gasteiger partial charge < -0.3 is 5.73 Å². The highest BCUT2D eigenvalue weighted by Crippen LogP contribution is 2.22. The van der Waals surface area contributed by atoms with Gasteiger partial charge in [-0.1, -0.05) is 13.8 Å². The number of aryl methyl sites for hydroxylation is 1. The Morgan fingerprint density at radius 1 is 1.33 bits per heavy atom. The average molecular weight is 209 g/mol. The Bertz CT molecular complexity index is 399. The van der Waals surface area contributed by atoms with Crippen LogP contribution in [0.25, 0.3) is 0 Å². The summed E-state index contributed by atoms with van der Waals surface area (Å²) in [5, 5.41) is 0. The third-order valence-corrected chi connectivity index (χ3v) is 2.66. The summed E-state index contributed by atoms with van der Waals surface area (Å²) in [6.45, 7) is 5.52. The van der Waals surface area contributed by atoms with Crippen molar-refractivity contribution in [3.63, 3.8) is 0 Å². The van der Waals surface area contributed by atoms with E-state index in [2.05, 4.69) is 0 Å². The van der Waals surface area contributed by atoms with Crippen molar-refractivity contribution in [1.29, 1.82) is 0 Å². The van der Waals surface area contributed by atoms with Crippen molar-refractivity contribution >= 4 is 5.91 Å². The Hall–Kier alpha value is -1.38. The highest BCUT2D eigenvalue weighted by atomic mass is 19.1. The molecule has 2 N–H and O–H groups in total. The summed E-state index contributed by atoms with van der Waals surface area (Å²) in [6, 6.07) is 1.68. The lowest BCUT2D eigenvalue weighted by atomic mass is 9.95. The van der Waals surface area contributed by atoms with E-state index in [1.165, 1.54) is 0 Å². The summed E-state index contributed by atoms with van der Waals surface area (Å²) in [5.74, 6) is -0.828. The molecule has 0 heterocycles. The van der Waals surface area contributed by atoms with Gasteiger partial charge in [0.15, 0.2) is 0 Å². The van der Waals surface area contributed by atoms with Crippen LogP contribution in [0.2, 0.25) is 0 Å². The summed E-state index contributed by atoms with van der Waals surface area (Å²) < 4.78 is 13.9. The monoisotopic (exact) mass is 209 g/mol. The first kappa shape index (κ1) is 11.7. The van der Waals surface area contributed by atoms with E-state index in [4.69, 9.17) is 5.73 Å². The maximum absolute atomic E-state index is 13.9. The summed E-state index contributed by atoms with van der Waals surface area (Å²) in [5.41, 5.74) is 7.43. The fraction of sp³-hybridized carbons (Fsp3) is 0.417. The lowest BCUT2D eigenvalue weighted by molar-refractivity contribution is 0.0999. The summed E-state index contributed by atoms with van der Waals surface area (Å²) in [4.78, 5) is 11.1. The molecule has 0 saturated heterocycles. The fourth-order valence-electron chi connectivity index (χ4n) is 1.86. The molecule has 0 radical (unpaired) electrons. The van der Waals surface area contributed by atoms with Crippen molar-refractivity contribution in [2.45, 2.75) is 33.6 Å². The highest BCUT2D eigenvalue weighted by Gasteiger charge is 2.16. The van der Waals surface area contributed by atoms with Crippen molar-refractivity contribution in [3.8, 4) is 0 Å². The van der Waals surface area contributed by atoms with Gasteiger partial charge in [-0.25, -0.2) is 4.39 Å². The summed E-state index contributed by atoms with van der Waals surface area (Å²) in [7, 11) is 0. The third kappa shape index (κ3) is 2.01. The molecule has 0 saturated carbocycles. The molecule has 2 nitrogen and oxygen atoms in total. The van der Waals surface area contributed by atoms with Gasteiger partial charge in [-0.15, -0.1) is 0 Å². The molecule has 0 atom stereocenters. The van der Waals surface area contributed by atoms with Crippen LogP contribution in [0.15, 0.2) is 6.07 Å². The normalized spacial score (nSPS) is 10.4. The van der Waals surface area contributed by atoms with E-state index >= 15 is 0 Å². The van der Waals surface area contributed by atoms with Gasteiger partial charge in [0.1, 0.15) is 5.82 Å². The number of rotatable bonds is 3. The number of halogens is 1. The van der Waals surface area contributed by atoms with Gasteiger partial charge in [0.25, 0.3) is 0 Å². The van der Waals surface area contributed by atoms with Crippen molar-refractivity contribution in [3.05, 3.63) is 34.1 Å². The van der Waals surface area contributed by atoms with E-state index in [0.29, 0.717) is 29.5 Å². The molecule has 1 rings (SSSR count). The van der Waals surface area contributed by atoms with Crippen molar-refractivity contribution < 1.29 is 9.18 Å². The molecule has 0 aromatic heterocycles. The van der Waals surface area contributed by atoms with E-state index in [0.717, 1.165) is 5.56 Å². The predicted molar refractivity (Wildman–Crippen MR) is 58.4 cm³/mol. The van der Waals surface area contributed by atoms with Crippen molar-refractivity contribution in [1.82, 2.24) is 0 Å². The average Bonchev–Trinajstić information content (AvgIpc) is 2.17. The first-order valence-corrected chi connectivity index (χ1v) is 5.13. The molecule has 0 fully saturated rings. The van der Waals surface area contributed by atoms with Crippen LogP contribution < -0.4 is 5.73 Å². The molecule has 0 aliphatic heterocycles. The van der Waals surface area contributed by atoms with Crippen LogP contribution in [0.5, 0.6) is 0 Å². The summed E-state index contributed by atoms with van der Waals surface area (Å²) in [6.07, 6.45) is 1.11. The number of carbonyl (C=O) groups is 1. The van der Waals surface area contributed by atoms with E-state index < -0.39 is 5.91 Å². The lowest BCUT2D eigenvalue weighted by Gasteiger charge is -2.12. The number of hydrogen-bond donors (Lipinski definition) is 1. The Morgan fingerprint density at radius 2 is 1.87 bits per heavy atom. The van der Waals surface area contributed by atoms with Crippen LogP contribution in [0.1, 0.15) is 40.9 Å². The molecule has 82 valence electrons. The zero-order valence-corrected chi connectivity index (χ0v) is 9.36. The van der Waals surface area contributed by atoms with Gasteiger partial charge in [0.2, 0.25) is 5.91 Å². The number of hydrogen-bond acceptors (Lipinski definition) is 1. The third-order valence-electron chi connectivity index (χ3n) is 2.66. The Labute approximate surface area is 89.3 Å². The van der Waals surface area contributed by atoms with E-state index in [1.807, 2.05) is 13.8 Å². The molecule has 0 bridgehead atoms. The van der Waals surface area contributed by atoms with Crippen molar-refractivity contribution in [2.75, 3.05) is 0 Å². The van der Waals surface area contributed by atoms with Crippen LogP contribution in [0.4, 0.5) is 4.39 Å². The van der Waals surface area contributed by atoms with Gasteiger partial charge in [0, 0.05) is 11.1 Å². The molecule has 0 spiro atoms. The zero-order valence-electron chi connectivity index (χ0n) is 9.36. The largest absolute Gasteiger partial charge is 0.366 e. The summed E-state index contributed by atoms with van der Waals surface area (Å²) >= 11 is 0. The van der Waals surface area contributed by atoms with Crippen LogP contribution in [-0.2, 0) is 12.8 Å². The molecular weight excluding hydrogens is 193 g/mol. The molecular formula is C12H16FNO. The predicted octanol–water partition coefficient (Wildman–Crippen LogP) is 2.36. The topological polar surface area (TPSA) is 43.1 Å². The minimum atomic E-state index is -0.559. The molecule has 0 aliphatic rings. The van der Waals surface area contributed by atoms with Gasteiger partial charge in [-0.3, -0.25) is 4.79 Å². The lowest BCUT2D eigenvalue weighted by Crippen LogP contribution is -2.16. The molecule has 1 aromatic carbocycles.